The largest absolute Gasteiger partial charge is 0.505 e. The zero-order valence-corrected chi connectivity index (χ0v) is 55.8. The minimum absolute atomic E-state index is 0.0923. The van der Waals surface area contributed by atoms with Gasteiger partial charge in [0.15, 0.2) is 29.6 Å². The number of hydrogen-bond acceptors (Lipinski definition) is 22. The van der Waals surface area contributed by atoms with Crippen molar-refractivity contribution >= 4 is 80.9 Å². The molecule has 3 amide bonds. The molecule has 30 heteroatoms. The second kappa shape index (κ2) is 28.4. The monoisotopic (exact) mass is 1400 g/mol. The maximum absolute atomic E-state index is 13.7. The maximum Gasteiger partial charge on any atom is 0.363 e. The highest BCUT2D eigenvalue weighted by Crippen LogP contribution is 2.61. The van der Waals surface area contributed by atoms with Crippen LogP contribution >= 0.6 is 11.6 Å². The maximum atomic E-state index is 13.7. The second-order valence-electron chi connectivity index (χ2n) is 25.0. The number of phenols is 1. The van der Waals surface area contributed by atoms with Crippen LogP contribution in [0.3, 0.4) is 0 Å². The van der Waals surface area contributed by atoms with Gasteiger partial charge in [0, 0.05) is 47.1 Å². The van der Waals surface area contributed by atoms with E-state index in [0.717, 1.165) is 77.6 Å². The summed E-state index contributed by atoms with van der Waals surface area (Å²) in [7, 11) is 4.79. The third kappa shape index (κ3) is 13.3. The average molecular weight is 1410 g/mol. The quantitative estimate of drug-likeness (QED) is 0.0433. The number of pyridine rings is 3. The van der Waals surface area contributed by atoms with Crippen LogP contribution < -0.4 is 49.9 Å². The van der Waals surface area contributed by atoms with E-state index in [4.69, 9.17) is 46.8 Å². The molecular formula is C72H65ClN12O17. The van der Waals surface area contributed by atoms with Gasteiger partial charge >= 0.3 is 11.6 Å². The Hall–Kier alpha value is -12.5. The molecular weight excluding hydrogens is 1340 g/mol. The first-order chi connectivity index (χ1) is 49.0. The molecule has 5 N–H and O–H groups in total. The van der Waals surface area contributed by atoms with Crippen LogP contribution in [0.4, 0.5) is 51.6 Å². The Bertz CT molecular complexity index is 4750. The topological polar surface area (TPSA) is 391 Å². The number of non-ortho nitro benzene ring substituents is 2. The normalized spacial score (nSPS) is 15.5. The standard InChI is InChI=1S/C24H20N4O7.C24H24N4O3.C19H18N2O5.C5H3ClN2O2/c1-34-17-5-3-15(4-6-17)14-26-22-19(24(23(26)29)9-2-10-24)11-16(27(30)31)12-20(22)35-18-7-8-21(25-13-18)28(32)33;1-30-17-5-3-15(4-6-17)14-28-22-19(24(23(28)29)9-2-10-24)11-16(25)12-20(22)31-18-7-8-21(26)27-13-18;1-26-14-5-3-12(4-6-14)11-20-17-15(19(18(20)23)7-2-8-19)9-13(21(24)25)10-16(17)22;6-4-1-2-5(7-3-4)8(9)10/h3-8,11-13H,2,9-10,14H2,1H3;3-8,11-13H,2,9-10,14,25H2,1H3,(H2,26,27);3-6,9-10,22H,2,7-8,11H2,1H3;1-3H. The third-order valence-corrected chi connectivity index (χ3v) is 19.3. The molecule has 0 atom stereocenters. The lowest BCUT2D eigenvalue weighted by Gasteiger charge is -2.37. The lowest BCUT2D eigenvalue weighted by Crippen LogP contribution is -2.44. The van der Waals surface area contributed by atoms with Crippen molar-refractivity contribution in [3.8, 4) is 46.0 Å². The minimum Gasteiger partial charge on any atom is -0.505 e. The number of benzene rings is 6. The molecule has 9 aromatic rings. The fourth-order valence-electron chi connectivity index (χ4n) is 13.5. The summed E-state index contributed by atoms with van der Waals surface area (Å²) < 4.78 is 27.7. The number of methoxy groups -OCH3 is 3. The van der Waals surface area contributed by atoms with Gasteiger partial charge in [0.1, 0.15) is 34.6 Å². The summed E-state index contributed by atoms with van der Waals surface area (Å²) in [4.78, 5) is 98.3. The van der Waals surface area contributed by atoms with Gasteiger partial charge in [-0.15, -0.1) is 0 Å². The van der Waals surface area contributed by atoms with E-state index in [9.17, 15) is 59.9 Å². The van der Waals surface area contributed by atoms with Gasteiger partial charge in [-0.25, -0.2) is 4.98 Å². The number of nitro benzene ring substituents is 2. The fourth-order valence-corrected chi connectivity index (χ4v) is 13.6. The van der Waals surface area contributed by atoms with Crippen molar-refractivity contribution in [2.24, 2.45) is 0 Å². The van der Waals surface area contributed by atoms with Crippen LogP contribution in [-0.4, -0.2) is 78.8 Å². The molecule has 6 heterocycles. The summed E-state index contributed by atoms with van der Waals surface area (Å²) in [5, 5.41) is 54.7. The SMILES string of the molecule is COc1ccc(CN2C(=O)C3(CCC3)c3cc(N)cc(Oc4ccc(N)nc4)c32)cc1.COc1ccc(CN2C(=O)C3(CCC3)c3cc([N+](=O)[O-])cc(O)c32)cc1.COc1ccc(CN2C(=O)C3(CCC3)c3cc([N+](=O)[O-])cc(Oc4ccc([N+](=O)[O-])nc4)c32)cc1.O=[N+]([O-])c1ccc(Cl)cn1. The van der Waals surface area contributed by atoms with Gasteiger partial charge < -0.3 is 75.2 Å². The summed E-state index contributed by atoms with van der Waals surface area (Å²) in [5.74, 6) is 3.08. The summed E-state index contributed by atoms with van der Waals surface area (Å²) in [5.41, 5.74) is 16.6. The van der Waals surface area contributed by atoms with Crippen molar-refractivity contribution < 1.29 is 62.9 Å². The van der Waals surface area contributed by atoms with Gasteiger partial charge in [-0.1, -0.05) is 67.3 Å². The predicted molar refractivity (Wildman–Crippen MR) is 373 cm³/mol. The number of hydrogen-bond donors (Lipinski definition) is 3. The number of nitrogens with two attached hydrogens (primary N) is 2. The number of ether oxygens (including phenoxy) is 5. The zero-order chi connectivity index (χ0) is 72.4. The van der Waals surface area contributed by atoms with Gasteiger partial charge in [-0.05, 0) is 147 Å². The Balaban J connectivity index is 0.000000136. The predicted octanol–water partition coefficient (Wildman–Crippen LogP) is 13.6. The van der Waals surface area contributed by atoms with E-state index >= 15 is 0 Å². The van der Waals surface area contributed by atoms with E-state index in [1.54, 1.807) is 67.7 Å². The lowest BCUT2D eigenvalue weighted by molar-refractivity contribution is -0.389. The molecule has 3 saturated carbocycles. The van der Waals surface area contributed by atoms with E-state index in [-0.39, 0.29) is 64.5 Å². The van der Waals surface area contributed by atoms with Crippen molar-refractivity contribution in [1.29, 1.82) is 0 Å². The molecule has 3 aromatic heterocycles. The van der Waals surface area contributed by atoms with Gasteiger partial charge in [-0.2, -0.15) is 0 Å². The number of anilines is 5. The Kier molecular flexibility index (Phi) is 19.3. The molecule has 0 bridgehead atoms. The summed E-state index contributed by atoms with van der Waals surface area (Å²) in [6, 6.07) is 40.0. The van der Waals surface area contributed by atoms with E-state index < -0.39 is 35.9 Å². The molecule has 29 nitrogen and oxygen atoms in total. The Morgan fingerprint density at radius 1 is 0.451 bits per heavy atom. The number of nitrogen functional groups attached to an aromatic ring is 2. The van der Waals surface area contributed by atoms with Crippen molar-refractivity contribution in [2.45, 2.75) is 93.7 Å². The first-order valence-corrected chi connectivity index (χ1v) is 32.4. The summed E-state index contributed by atoms with van der Waals surface area (Å²) in [6.45, 7) is 0.977. The number of halogens is 1. The molecule has 3 spiro atoms. The van der Waals surface area contributed by atoms with E-state index in [2.05, 4.69) is 15.0 Å². The van der Waals surface area contributed by atoms with Crippen LogP contribution in [0.5, 0.6) is 46.0 Å². The number of nitrogens with zero attached hydrogens (tertiary/aromatic N) is 10. The number of phenolic OH excluding ortho intramolecular Hbond substituents is 1. The number of aromatic nitrogens is 3. The minimum atomic E-state index is -0.820. The van der Waals surface area contributed by atoms with Gasteiger partial charge in [0.05, 0.1) is 107 Å². The molecule has 0 radical (unpaired) electrons. The highest BCUT2D eigenvalue weighted by molar-refractivity contribution is 6.30. The number of rotatable bonds is 17. The van der Waals surface area contributed by atoms with Crippen LogP contribution in [0.15, 0.2) is 164 Å². The summed E-state index contributed by atoms with van der Waals surface area (Å²) >= 11 is 5.43. The van der Waals surface area contributed by atoms with Crippen molar-refractivity contribution in [3.05, 3.63) is 243 Å². The van der Waals surface area contributed by atoms with Gasteiger partial charge in [0.2, 0.25) is 17.7 Å². The molecule has 6 aromatic carbocycles. The number of aromatic hydroxyl groups is 1. The zero-order valence-electron chi connectivity index (χ0n) is 55.1. The average Bonchev–Trinajstić information content (AvgIpc) is 1.56. The van der Waals surface area contributed by atoms with Crippen LogP contribution in [0.25, 0.3) is 0 Å². The highest BCUT2D eigenvalue weighted by atomic mass is 35.5. The van der Waals surface area contributed by atoms with Crippen LogP contribution in [0.2, 0.25) is 5.02 Å². The van der Waals surface area contributed by atoms with Gasteiger partial charge in [-0.3, -0.25) is 34.6 Å². The summed E-state index contributed by atoms with van der Waals surface area (Å²) in [6.07, 6.45) is 10.9. The molecule has 0 saturated heterocycles. The van der Waals surface area contributed by atoms with Crippen molar-refractivity contribution in [1.82, 2.24) is 15.0 Å². The Morgan fingerprint density at radius 3 is 1.17 bits per heavy atom. The molecule has 6 aliphatic rings. The number of fused-ring (bicyclic) bond motifs is 6. The molecule has 3 aliphatic carbocycles. The highest BCUT2D eigenvalue weighted by Gasteiger charge is 2.58. The van der Waals surface area contributed by atoms with Crippen LogP contribution in [0, 0.1) is 40.5 Å². The third-order valence-electron chi connectivity index (χ3n) is 19.1. The van der Waals surface area contributed by atoms with E-state index in [1.165, 1.54) is 54.9 Å². The second-order valence-corrected chi connectivity index (χ2v) is 25.4. The molecule has 102 heavy (non-hydrogen) atoms. The van der Waals surface area contributed by atoms with Crippen molar-refractivity contribution in [3.63, 3.8) is 0 Å². The molecule has 3 aliphatic heterocycles. The Morgan fingerprint density at radius 2 is 0.814 bits per heavy atom. The van der Waals surface area contributed by atoms with Crippen LogP contribution in [0.1, 0.15) is 91.2 Å². The molecule has 15 rings (SSSR count). The first kappa shape index (κ1) is 69.4. The van der Waals surface area contributed by atoms with E-state index in [1.807, 2.05) is 71.6 Å². The molecule has 0 unspecified atom stereocenters. The van der Waals surface area contributed by atoms with Crippen LogP contribution in [-0.2, 0) is 50.3 Å². The number of carbonyl (C=O) groups excluding carboxylic acids is 3. The number of nitro groups is 4. The Labute approximate surface area is 586 Å². The smallest absolute Gasteiger partial charge is 0.363 e. The van der Waals surface area contributed by atoms with E-state index in [0.29, 0.717) is 95.1 Å². The molecule has 3 fully saturated rings. The first-order valence-electron chi connectivity index (χ1n) is 32.1. The molecule has 522 valence electrons. The number of carbonyl (C=O) groups is 3. The van der Waals surface area contributed by atoms with Gasteiger partial charge in [0.25, 0.3) is 11.4 Å². The number of amides is 3. The fraction of sp³-hybridized carbons (Fsp3) is 0.250. The lowest BCUT2D eigenvalue weighted by atomic mass is 9.65. The van der Waals surface area contributed by atoms with Crippen molar-refractivity contribution in [2.75, 3.05) is 47.5 Å².